The summed E-state index contributed by atoms with van der Waals surface area (Å²) in [6.07, 6.45) is 11.7. The van der Waals surface area contributed by atoms with Gasteiger partial charge < -0.3 is 15.5 Å². The molecule has 0 radical (unpaired) electrons. The highest BCUT2D eigenvalue weighted by Crippen LogP contribution is 2.33. The van der Waals surface area contributed by atoms with Crippen LogP contribution in [0.4, 0.5) is 5.69 Å². The van der Waals surface area contributed by atoms with E-state index >= 15 is 0 Å². The van der Waals surface area contributed by atoms with E-state index in [1.54, 1.807) is 0 Å². The van der Waals surface area contributed by atoms with E-state index in [-0.39, 0.29) is 6.04 Å². The summed E-state index contributed by atoms with van der Waals surface area (Å²) in [5.74, 6) is 0. The highest BCUT2D eigenvalue weighted by Gasteiger charge is 2.25. The van der Waals surface area contributed by atoms with Crippen molar-refractivity contribution >= 4 is 17.5 Å². The van der Waals surface area contributed by atoms with Gasteiger partial charge in [0.15, 0.2) is 0 Å². The Morgan fingerprint density at radius 1 is 1.21 bits per heavy atom. The summed E-state index contributed by atoms with van der Waals surface area (Å²) >= 11 is 0. The predicted molar refractivity (Wildman–Crippen MR) is 130 cm³/mol. The zero-order valence-corrected chi connectivity index (χ0v) is 18.5. The smallest absolute Gasteiger partial charge is 0.0686 e. The van der Waals surface area contributed by atoms with Crippen LogP contribution in [0.2, 0.25) is 0 Å². The zero-order valence-electron chi connectivity index (χ0n) is 18.5. The van der Waals surface area contributed by atoms with Crippen molar-refractivity contribution in [2.75, 3.05) is 18.9 Å². The van der Waals surface area contributed by atoms with Gasteiger partial charge in [0.2, 0.25) is 0 Å². The average Bonchev–Trinajstić information content (AvgIpc) is 2.71. The minimum absolute atomic E-state index is 0.206. The Morgan fingerprint density at radius 2 is 1.93 bits per heavy atom. The first-order valence-electron chi connectivity index (χ1n) is 11.0. The van der Waals surface area contributed by atoms with E-state index in [1.165, 1.54) is 38.5 Å². The van der Waals surface area contributed by atoms with Crippen molar-refractivity contribution in [3.8, 4) is 0 Å². The molecular weight excluding hydrogens is 354 g/mol. The summed E-state index contributed by atoms with van der Waals surface area (Å²) in [6.45, 7) is 19.9. The fourth-order valence-electron chi connectivity index (χ4n) is 3.99. The molecule has 1 saturated heterocycles. The first-order chi connectivity index (χ1) is 14.0. The number of benzene rings is 1. The fourth-order valence-corrected chi connectivity index (χ4v) is 3.99. The van der Waals surface area contributed by atoms with Crippen molar-refractivity contribution in [1.29, 1.82) is 0 Å². The number of rotatable bonds is 12. The van der Waals surface area contributed by atoms with E-state index in [0.29, 0.717) is 0 Å². The number of piperidine rings is 1. The highest BCUT2D eigenvalue weighted by molar-refractivity contribution is 5.81. The highest BCUT2D eigenvalue weighted by atomic mass is 15.2. The molecule has 1 heterocycles. The monoisotopic (exact) mass is 393 g/mol. The Kier molecular flexibility index (Phi) is 9.11. The largest absolute Gasteiger partial charge is 0.384 e. The summed E-state index contributed by atoms with van der Waals surface area (Å²) in [7, 11) is 2.10. The van der Waals surface area contributed by atoms with Crippen LogP contribution in [-0.4, -0.2) is 24.5 Å². The molecule has 2 N–H and O–H groups in total. The third-order valence-electron chi connectivity index (χ3n) is 5.80. The third-order valence-corrected chi connectivity index (χ3v) is 5.80. The number of hydrogen-bond acceptors (Lipinski definition) is 3. The Balaban J connectivity index is 2.07. The van der Waals surface area contributed by atoms with Crippen LogP contribution in [0.3, 0.4) is 0 Å². The first kappa shape index (κ1) is 22.9. The molecule has 0 aliphatic carbocycles. The van der Waals surface area contributed by atoms with Crippen LogP contribution in [0.1, 0.15) is 69.4 Å². The molecule has 0 spiro atoms. The minimum atomic E-state index is 0.206. The van der Waals surface area contributed by atoms with Gasteiger partial charge in [-0.05, 0) is 30.9 Å². The van der Waals surface area contributed by atoms with Gasteiger partial charge in [-0.2, -0.15) is 0 Å². The molecule has 1 aromatic carbocycles. The van der Waals surface area contributed by atoms with Crippen LogP contribution in [0.15, 0.2) is 55.9 Å². The Bertz CT molecular complexity index is 731. The fraction of sp³-hybridized carbons (Fsp3) is 0.462. The molecule has 2 rings (SSSR count). The second-order valence-corrected chi connectivity index (χ2v) is 8.03. The van der Waals surface area contributed by atoms with Gasteiger partial charge >= 0.3 is 0 Å². The molecule has 1 aromatic rings. The molecule has 3 nitrogen and oxygen atoms in total. The number of allylic oxidation sites excluding steroid dienone is 1. The van der Waals surface area contributed by atoms with Crippen molar-refractivity contribution in [2.45, 2.75) is 64.3 Å². The van der Waals surface area contributed by atoms with E-state index in [9.17, 15) is 0 Å². The van der Waals surface area contributed by atoms with Crippen molar-refractivity contribution in [3.05, 3.63) is 67.0 Å². The van der Waals surface area contributed by atoms with Gasteiger partial charge in [-0.15, -0.1) is 0 Å². The average molecular weight is 394 g/mol. The summed E-state index contributed by atoms with van der Waals surface area (Å²) < 4.78 is 0. The van der Waals surface area contributed by atoms with Crippen LogP contribution in [0, 0.1) is 0 Å². The SMILES string of the molecule is C=Cc1cccc(NCCCCCCCC)c1C(=C)N(C)C1CCC(=C)NC1=C. The number of unbranched alkanes of at least 4 members (excludes halogenated alkanes) is 5. The molecule has 29 heavy (non-hydrogen) atoms. The Hall–Kier alpha value is -2.42. The third kappa shape index (κ3) is 6.28. The minimum Gasteiger partial charge on any atom is -0.384 e. The molecule has 0 aromatic heterocycles. The molecular formula is C26H39N3. The van der Waals surface area contributed by atoms with Crippen molar-refractivity contribution in [3.63, 3.8) is 0 Å². The molecule has 0 saturated carbocycles. The topological polar surface area (TPSA) is 27.3 Å². The lowest BCUT2D eigenvalue weighted by atomic mass is 9.97. The lowest BCUT2D eigenvalue weighted by Gasteiger charge is -2.37. The van der Waals surface area contributed by atoms with Crippen LogP contribution < -0.4 is 10.6 Å². The summed E-state index contributed by atoms with van der Waals surface area (Å²) in [4.78, 5) is 2.24. The van der Waals surface area contributed by atoms with E-state index in [1.807, 2.05) is 6.08 Å². The molecule has 0 bridgehead atoms. The number of anilines is 1. The quantitative estimate of drug-likeness (QED) is 0.383. The molecule has 0 amide bonds. The van der Waals surface area contributed by atoms with E-state index in [4.69, 9.17) is 0 Å². The maximum atomic E-state index is 4.45. The first-order valence-corrected chi connectivity index (χ1v) is 11.0. The Labute approximate surface area is 178 Å². The van der Waals surface area contributed by atoms with Gasteiger partial charge in [-0.3, -0.25) is 0 Å². The van der Waals surface area contributed by atoms with Gasteiger partial charge in [0.25, 0.3) is 0 Å². The lowest BCUT2D eigenvalue weighted by Crippen LogP contribution is -2.40. The molecule has 1 unspecified atom stereocenters. The number of hydrogen-bond donors (Lipinski definition) is 2. The molecule has 1 aliphatic heterocycles. The van der Waals surface area contributed by atoms with Gasteiger partial charge in [0.1, 0.15) is 0 Å². The molecule has 158 valence electrons. The van der Waals surface area contributed by atoms with Crippen molar-refractivity contribution in [2.24, 2.45) is 0 Å². The van der Waals surface area contributed by atoms with Crippen LogP contribution in [0.25, 0.3) is 11.8 Å². The van der Waals surface area contributed by atoms with Crippen LogP contribution in [-0.2, 0) is 0 Å². The normalized spacial score (nSPS) is 16.3. The van der Waals surface area contributed by atoms with Crippen molar-refractivity contribution < 1.29 is 0 Å². The van der Waals surface area contributed by atoms with Crippen LogP contribution >= 0.6 is 0 Å². The van der Waals surface area contributed by atoms with Gasteiger partial charge in [0.05, 0.1) is 6.04 Å². The maximum absolute atomic E-state index is 4.45. The van der Waals surface area contributed by atoms with Crippen LogP contribution in [0.5, 0.6) is 0 Å². The van der Waals surface area contributed by atoms with E-state index in [2.05, 4.69) is 74.0 Å². The van der Waals surface area contributed by atoms with Gasteiger partial charge in [0, 0.05) is 41.9 Å². The number of nitrogens with zero attached hydrogens (tertiary/aromatic N) is 1. The maximum Gasteiger partial charge on any atom is 0.0686 e. The summed E-state index contributed by atoms with van der Waals surface area (Å²) in [6, 6.07) is 6.54. The van der Waals surface area contributed by atoms with E-state index < -0.39 is 0 Å². The second-order valence-electron chi connectivity index (χ2n) is 8.03. The lowest BCUT2D eigenvalue weighted by molar-refractivity contribution is 0.341. The standard InChI is InChI=1S/C26H39N3/c1-7-9-10-11-12-13-19-27-24-16-14-15-23(8-2)26(24)22(5)29(6)25-18-17-20(3)28-21(25)4/h8,14-16,25,27-28H,2-5,7,9-13,17-19H2,1,6H3. The van der Waals surface area contributed by atoms with Gasteiger partial charge in [-0.25, -0.2) is 0 Å². The van der Waals surface area contributed by atoms with E-state index in [0.717, 1.165) is 53.3 Å². The Morgan fingerprint density at radius 3 is 2.62 bits per heavy atom. The molecule has 1 aliphatic rings. The molecule has 3 heteroatoms. The summed E-state index contributed by atoms with van der Waals surface area (Å²) in [5.41, 5.74) is 6.39. The van der Waals surface area contributed by atoms with Crippen molar-refractivity contribution in [1.82, 2.24) is 10.2 Å². The number of nitrogens with one attached hydrogen (secondary N) is 2. The summed E-state index contributed by atoms with van der Waals surface area (Å²) in [5, 5.41) is 6.96. The molecule has 1 fully saturated rings. The zero-order chi connectivity index (χ0) is 21.2. The second kappa shape index (κ2) is 11.5. The molecule has 1 atom stereocenters. The van der Waals surface area contributed by atoms with Gasteiger partial charge in [-0.1, -0.05) is 83.6 Å². The number of likely N-dealkylation sites (N-methyl/N-ethyl adjacent to an activating group) is 1. The predicted octanol–water partition coefficient (Wildman–Crippen LogP) is 6.78.